The molecule has 3 rings (SSSR count). The van der Waals surface area contributed by atoms with E-state index in [2.05, 4.69) is 10.6 Å². The van der Waals surface area contributed by atoms with E-state index in [1.807, 2.05) is 56.3 Å². The van der Waals surface area contributed by atoms with Gasteiger partial charge in [-0.05, 0) is 39.0 Å². The van der Waals surface area contributed by atoms with Gasteiger partial charge in [0, 0.05) is 12.1 Å². The van der Waals surface area contributed by atoms with Gasteiger partial charge in [0.25, 0.3) is 5.91 Å². The van der Waals surface area contributed by atoms with Crippen LogP contribution in [-0.4, -0.2) is 17.6 Å². The molecule has 0 fully saturated rings. The quantitative estimate of drug-likeness (QED) is 0.657. The smallest absolute Gasteiger partial charge is 0.275 e. The van der Waals surface area contributed by atoms with E-state index in [0.717, 1.165) is 11.3 Å². The molecule has 134 valence electrons. The third-order valence-electron chi connectivity index (χ3n) is 4.12. The topological polar surface area (TPSA) is 58.4 Å². The van der Waals surface area contributed by atoms with E-state index >= 15 is 0 Å². The molecule has 26 heavy (non-hydrogen) atoms. The second-order valence-electron chi connectivity index (χ2n) is 5.96. The van der Waals surface area contributed by atoms with Crippen molar-refractivity contribution < 1.29 is 9.32 Å². The summed E-state index contributed by atoms with van der Waals surface area (Å²) in [5.41, 5.74) is 6.46. The molecule has 0 atom stereocenters. The van der Waals surface area contributed by atoms with Crippen molar-refractivity contribution in [1.29, 1.82) is 0 Å². The fourth-order valence-corrected chi connectivity index (χ4v) is 2.93. The molecule has 1 amide bonds. The molecule has 0 unspecified atom stereocenters. The SMILES string of the molecule is CCN(NC(=O)c1c(-c2ccccc2Cl)noc1C)c1ccc(C)cc1. The van der Waals surface area contributed by atoms with E-state index in [1.54, 1.807) is 18.0 Å². The minimum atomic E-state index is -0.291. The Hall–Kier alpha value is -2.79. The maximum atomic E-state index is 12.9. The molecule has 1 aromatic heterocycles. The number of carbonyl (C=O) groups is 1. The number of halogens is 1. The normalized spacial score (nSPS) is 10.6. The van der Waals surface area contributed by atoms with Gasteiger partial charge < -0.3 is 4.52 Å². The molecule has 1 N–H and O–H groups in total. The predicted molar refractivity (Wildman–Crippen MR) is 103 cm³/mol. The lowest BCUT2D eigenvalue weighted by atomic mass is 10.1. The van der Waals surface area contributed by atoms with Crippen LogP contribution in [0.25, 0.3) is 11.3 Å². The van der Waals surface area contributed by atoms with Crippen molar-refractivity contribution in [2.24, 2.45) is 0 Å². The van der Waals surface area contributed by atoms with Crippen molar-refractivity contribution in [1.82, 2.24) is 10.6 Å². The molecule has 0 saturated carbocycles. The highest BCUT2D eigenvalue weighted by molar-refractivity contribution is 6.33. The van der Waals surface area contributed by atoms with Gasteiger partial charge >= 0.3 is 0 Å². The third kappa shape index (κ3) is 3.58. The summed E-state index contributed by atoms with van der Waals surface area (Å²) in [6.45, 7) is 6.32. The van der Waals surface area contributed by atoms with Crippen molar-refractivity contribution in [3.63, 3.8) is 0 Å². The van der Waals surface area contributed by atoms with Crippen molar-refractivity contribution in [3.8, 4) is 11.3 Å². The molecule has 5 nitrogen and oxygen atoms in total. The summed E-state index contributed by atoms with van der Waals surface area (Å²) < 4.78 is 5.27. The van der Waals surface area contributed by atoms with Gasteiger partial charge in [0.15, 0.2) is 0 Å². The van der Waals surface area contributed by atoms with E-state index in [0.29, 0.717) is 34.1 Å². The summed E-state index contributed by atoms with van der Waals surface area (Å²) >= 11 is 6.26. The molecule has 1 heterocycles. The van der Waals surface area contributed by atoms with E-state index in [4.69, 9.17) is 16.1 Å². The summed E-state index contributed by atoms with van der Waals surface area (Å²) in [4.78, 5) is 12.9. The predicted octanol–water partition coefficient (Wildman–Crippen LogP) is 4.78. The maximum Gasteiger partial charge on any atom is 0.275 e. The largest absolute Gasteiger partial charge is 0.360 e. The van der Waals surface area contributed by atoms with E-state index in [1.165, 1.54) is 0 Å². The molecule has 0 saturated heterocycles. The zero-order valence-corrected chi connectivity index (χ0v) is 15.7. The Balaban J connectivity index is 1.92. The van der Waals surface area contributed by atoms with Gasteiger partial charge in [-0.3, -0.25) is 15.2 Å². The van der Waals surface area contributed by atoms with Crippen LogP contribution in [0.15, 0.2) is 53.1 Å². The lowest BCUT2D eigenvalue weighted by Gasteiger charge is -2.24. The fraction of sp³-hybridized carbons (Fsp3) is 0.200. The second-order valence-corrected chi connectivity index (χ2v) is 6.37. The van der Waals surface area contributed by atoms with Crippen LogP contribution in [0.5, 0.6) is 0 Å². The Kier molecular flexibility index (Phi) is 5.28. The molecule has 6 heteroatoms. The number of nitrogens with one attached hydrogen (secondary N) is 1. The van der Waals surface area contributed by atoms with Crippen LogP contribution in [0, 0.1) is 13.8 Å². The lowest BCUT2D eigenvalue weighted by molar-refractivity contribution is 0.0948. The number of aromatic nitrogens is 1. The fourth-order valence-electron chi connectivity index (χ4n) is 2.71. The number of carbonyl (C=O) groups excluding carboxylic acids is 1. The highest BCUT2D eigenvalue weighted by Gasteiger charge is 2.24. The number of hydrazine groups is 1. The second kappa shape index (κ2) is 7.62. The van der Waals surface area contributed by atoms with Crippen LogP contribution in [-0.2, 0) is 0 Å². The first-order valence-electron chi connectivity index (χ1n) is 8.37. The van der Waals surface area contributed by atoms with Crippen molar-refractivity contribution >= 4 is 23.2 Å². The number of benzene rings is 2. The third-order valence-corrected chi connectivity index (χ3v) is 4.45. The Morgan fingerprint density at radius 2 is 1.85 bits per heavy atom. The molecule has 0 aliphatic heterocycles. The van der Waals surface area contributed by atoms with Crippen molar-refractivity contribution in [2.45, 2.75) is 20.8 Å². The molecular weight excluding hydrogens is 350 g/mol. The van der Waals surface area contributed by atoms with Gasteiger partial charge in [-0.1, -0.05) is 52.7 Å². The first kappa shape index (κ1) is 18.0. The van der Waals surface area contributed by atoms with E-state index in [9.17, 15) is 4.79 Å². The molecule has 3 aromatic rings. The van der Waals surface area contributed by atoms with Gasteiger partial charge in [-0.2, -0.15) is 0 Å². The Morgan fingerprint density at radius 3 is 2.50 bits per heavy atom. The summed E-state index contributed by atoms with van der Waals surface area (Å²) in [6.07, 6.45) is 0. The zero-order valence-electron chi connectivity index (χ0n) is 14.9. The highest BCUT2D eigenvalue weighted by atomic mass is 35.5. The number of amides is 1. The first-order valence-corrected chi connectivity index (χ1v) is 8.75. The van der Waals surface area contributed by atoms with Crippen LogP contribution >= 0.6 is 11.6 Å². The minimum Gasteiger partial charge on any atom is -0.360 e. The van der Waals surface area contributed by atoms with Crippen molar-refractivity contribution in [3.05, 3.63) is 70.4 Å². The van der Waals surface area contributed by atoms with E-state index < -0.39 is 0 Å². The Bertz CT molecular complexity index is 919. The summed E-state index contributed by atoms with van der Waals surface area (Å²) in [7, 11) is 0. The Labute approximate surface area is 157 Å². The zero-order chi connectivity index (χ0) is 18.7. The van der Waals surface area contributed by atoms with Crippen molar-refractivity contribution in [2.75, 3.05) is 11.6 Å². The molecule has 0 bridgehead atoms. The summed E-state index contributed by atoms with van der Waals surface area (Å²) in [5, 5.41) is 6.34. The first-order chi connectivity index (χ1) is 12.5. The minimum absolute atomic E-state index is 0.291. The number of aryl methyl sites for hydroxylation is 2. The van der Waals surface area contributed by atoms with Crippen LogP contribution in [0.1, 0.15) is 28.6 Å². The molecule has 0 spiro atoms. The average Bonchev–Trinajstić information content (AvgIpc) is 3.02. The number of hydrogen-bond donors (Lipinski definition) is 1. The molecule has 0 radical (unpaired) electrons. The van der Waals surface area contributed by atoms with Gasteiger partial charge in [0.05, 0.1) is 10.7 Å². The van der Waals surface area contributed by atoms with Crippen LogP contribution in [0.3, 0.4) is 0 Å². The monoisotopic (exact) mass is 369 g/mol. The molecule has 2 aromatic carbocycles. The number of anilines is 1. The number of rotatable bonds is 5. The van der Waals surface area contributed by atoms with E-state index in [-0.39, 0.29) is 5.91 Å². The van der Waals surface area contributed by atoms with Crippen LogP contribution < -0.4 is 10.4 Å². The number of nitrogens with zero attached hydrogens (tertiary/aromatic N) is 2. The standard InChI is InChI=1S/C20H20ClN3O2/c1-4-24(15-11-9-13(2)10-12-15)22-20(25)18-14(3)26-23-19(18)16-7-5-6-8-17(16)21/h5-12H,4H2,1-3H3,(H,22,25). The van der Waals surface area contributed by atoms with Crippen LogP contribution in [0.4, 0.5) is 5.69 Å². The molecule has 0 aliphatic rings. The highest BCUT2D eigenvalue weighted by Crippen LogP contribution is 2.31. The Morgan fingerprint density at radius 1 is 1.15 bits per heavy atom. The summed E-state index contributed by atoms with van der Waals surface area (Å²) in [6, 6.07) is 15.2. The van der Waals surface area contributed by atoms with Gasteiger partial charge in [-0.15, -0.1) is 0 Å². The van der Waals surface area contributed by atoms with Gasteiger partial charge in [-0.25, -0.2) is 0 Å². The number of hydrogen-bond acceptors (Lipinski definition) is 4. The lowest BCUT2D eigenvalue weighted by Crippen LogP contribution is -2.42. The average molecular weight is 370 g/mol. The molecule has 0 aliphatic carbocycles. The molecular formula is C20H20ClN3O2. The van der Waals surface area contributed by atoms with Crippen LogP contribution in [0.2, 0.25) is 5.02 Å². The van der Waals surface area contributed by atoms with Gasteiger partial charge in [0.1, 0.15) is 17.0 Å². The maximum absolute atomic E-state index is 12.9. The summed E-state index contributed by atoms with van der Waals surface area (Å²) in [5.74, 6) is 0.151. The van der Waals surface area contributed by atoms with Gasteiger partial charge in [0.2, 0.25) is 0 Å².